The van der Waals surface area contributed by atoms with Crippen LogP contribution in [0.2, 0.25) is 5.02 Å². The van der Waals surface area contributed by atoms with Gasteiger partial charge >= 0.3 is 0 Å². The van der Waals surface area contributed by atoms with Gasteiger partial charge in [-0.1, -0.05) is 72.3 Å². The van der Waals surface area contributed by atoms with Gasteiger partial charge in [0.25, 0.3) is 0 Å². The van der Waals surface area contributed by atoms with Crippen LogP contribution in [0, 0.1) is 17.0 Å². The second kappa shape index (κ2) is 7.49. The number of nitro groups is 1. The highest BCUT2D eigenvalue weighted by molar-refractivity contribution is 6.31. The van der Waals surface area contributed by atoms with Gasteiger partial charge in [-0.2, -0.15) is 0 Å². The third-order valence-electron chi connectivity index (χ3n) is 5.02. The van der Waals surface area contributed by atoms with Crippen LogP contribution in [-0.2, 0) is 0 Å². The lowest BCUT2D eigenvalue weighted by Crippen LogP contribution is -2.15. The fourth-order valence-corrected chi connectivity index (χ4v) is 4.05. The van der Waals surface area contributed by atoms with Crippen molar-refractivity contribution in [2.24, 2.45) is 0 Å². The normalized spacial score (nSPS) is 12.2. The topological polar surface area (TPSA) is 58.9 Å². The molecular weight excluding hydrogens is 372 g/mol. The third-order valence-corrected chi connectivity index (χ3v) is 5.36. The molecule has 0 aliphatic heterocycles. The number of rotatable bonds is 5. The Kier molecular flexibility index (Phi) is 4.88. The first kappa shape index (κ1) is 18.3. The molecule has 1 N–H and O–H groups in total. The number of nitrogens with zero attached hydrogens (tertiary/aromatic N) is 1. The number of aryl methyl sites for hydroxylation is 1. The molecule has 3 aromatic carbocycles. The van der Waals surface area contributed by atoms with Crippen molar-refractivity contribution in [3.05, 3.63) is 105 Å². The molecular formula is C23H19ClN2O2. The van der Waals surface area contributed by atoms with Crippen LogP contribution >= 0.6 is 11.6 Å². The Bertz CT molecular complexity index is 1150. The van der Waals surface area contributed by atoms with Crippen molar-refractivity contribution in [3.8, 4) is 11.3 Å². The lowest BCUT2D eigenvalue weighted by Gasteiger charge is -2.17. The molecule has 0 aliphatic carbocycles. The molecule has 0 saturated heterocycles. The van der Waals surface area contributed by atoms with Gasteiger partial charge in [0.15, 0.2) is 0 Å². The van der Waals surface area contributed by atoms with Crippen LogP contribution in [0.1, 0.15) is 22.6 Å². The molecule has 0 bridgehead atoms. The van der Waals surface area contributed by atoms with Gasteiger partial charge in [0.2, 0.25) is 6.54 Å². The largest absolute Gasteiger partial charge is 0.354 e. The zero-order valence-corrected chi connectivity index (χ0v) is 16.1. The molecule has 4 aromatic rings. The van der Waals surface area contributed by atoms with Gasteiger partial charge in [0, 0.05) is 20.8 Å². The Labute approximate surface area is 167 Å². The molecule has 0 aliphatic rings. The van der Waals surface area contributed by atoms with E-state index in [1.54, 1.807) is 6.07 Å². The summed E-state index contributed by atoms with van der Waals surface area (Å²) in [5, 5.41) is 13.1. The Hall–Kier alpha value is -3.11. The van der Waals surface area contributed by atoms with E-state index in [1.807, 2.05) is 67.6 Å². The second-order valence-electron chi connectivity index (χ2n) is 6.92. The van der Waals surface area contributed by atoms with Gasteiger partial charge in [0.05, 0.1) is 11.6 Å². The maximum absolute atomic E-state index is 11.6. The minimum absolute atomic E-state index is 0.232. The zero-order valence-electron chi connectivity index (χ0n) is 15.4. The average Bonchev–Trinajstić information content (AvgIpc) is 3.05. The number of aromatic nitrogens is 1. The number of H-pyrrole nitrogens is 1. The van der Waals surface area contributed by atoms with Crippen molar-refractivity contribution in [1.29, 1.82) is 0 Å². The van der Waals surface area contributed by atoms with Crippen LogP contribution in [0.4, 0.5) is 0 Å². The van der Waals surface area contributed by atoms with Gasteiger partial charge in [-0.15, -0.1) is 0 Å². The first-order chi connectivity index (χ1) is 13.5. The smallest absolute Gasteiger partial charge is 0.214 e. The molecule has 1 heterocycles. The Balaban J connectivity index is 2.03. The zero-order chi connectivity index (χ0) is 19.7. The fourth-order valence-electron chi connectivity index (χ4n) is 3.78. The van der Waals surface area contributed by atoms with Crippen molar-refractivity contribution in [3.63, 3.8) is 0 Å². The van der Waals surface area contributed by atoms with Crippen molar-refractivity contribution < 1.29 is 4.92 Å². The molecule has 5 heteroatoms. The highest BCUT2D eigenvalue weighted by Crippen LogP contribution is 2.41. The highest BCUT2D eigenvalue weighted by Gasteiger charge is 2.28. The summed E-state index contributed by atoms with van der Waals surface area (Å²) in [6.07, 6.45) is 0. The number of fused-ring (bicyclic) bond motifs is 1. The van der Waals surface area contributed by atoms with Crippen LogP contribution in [0.3, 0.4) is 0 Å². The SMILES string of the molecule is Cc1ccc2c(C(C[N+](=O)[O-])c3ccccc3Cl)c(-c3ccccc3)[nH]c2c1. The molecule has 0 radical (unpaired) electrons. The summed E-state index contributed by atoms with van der Waals surface area (Å²) in [4.78, 5) is 14.8. The molecule has 4 nitrogen and oxygen atoms in total. The maximum atomic E-state index is 11.6. The fraction of sp³-hybridized carbons (Fsp3) is 0.130. The summed E-state index contributed by atoms with van der Waals surface area (Å²) >= 11 is 6.46. The molecule has 1 aromatic heterocycles. The van der Waals surface area contributed by atoms with E-state index in [4.69, 9.17) is 11.6 Å². The minimum Gasteiger partial charge on any atom is -0.354 e. The summed E-state index contributed by atoms with van der Waals surface area (Å²) in [6, 6.07) is 23.4. The quantitative estimate of drug-likeness (QED) is 0.325. The number of nitrogens with one attached hydrogen (secondary N) is 1. The number of hydrogen-bond donors (Lipinski definition) is 1. The number of aromatic amines is 1. The van der Waals surface area contributed by atoms with Gasteiger partial charge in [0.1, 0.15) is 0 Å². The Morgan fingerprint density at radius 3 is 2.46 bits per heavy atom. The van der Waals surface area contributed by atoms with E-state index in [0.29, 0.717) is 5.02 Å². The molecule has 0 amide bonds. The van der Waals surface area contributed by atoms with Gasteiger partial charge in [-0.3, -0.25) is 10.1 Å². The predicted molar refractivity (Wildman–Crippen MR) is 114 cm³/mol. The summed E-state index contributed by atoms with van der Waals surface area (Å²) in [7, 11) is 0. The molecule has 0 fully saturated rings. The van der Waals surface area contributed by atoms with Crippen molar-refractivity contribution in [2.75, 3.05) is 6.54 Å². The van der Waals surface area contributed by atoms with E-state index in [9.17, 15) is 10.1 Å². The van der Waals surface area contributed by atoms with Crippen LogP contribution < -0.4 is 0 Å². The molecule has 1 unspecified atom stereocenters. The second-order valence-corrected chi connectivity index (χ2v) is 7.33. The first-order valence-electron chi connectivity index (χ1n) is 9.08. The summed E-state index contributed by atoms with van der Waals surface area (Å²) < 4.78 is 0. The molecule has 0 saturated carbocycles. The third kappa shape index (κ3) is 3.39. The van der Waals surface area contributed by atoms with Gasteiger partial charge in [-0.05, 0) is 41.3 Å². The minimum atomic E-state index is -0.463. The Morgan fingerprint density at radius 2 is 1.75 bits per heavy atom. The van der Waals surface area contributed by atoms with E-state index < -0.39 is 5.92 Å². The van der Waals surface area contributed by atoms with E-state index in [0.717, 1.165) is 38.9 Å². The van der Waals surface area contributed by atoms with E-state index in [-0.39, 0.29) is 11.5 Å². The highest BCUT2D eigenvalue weighted by atomic mass is 35.5. The van der Waals surface area contributed by atoms with Crippen LogP contribution in [0.25, 0.3) is 22.2 Å². The van der Waals surface area contributed by atoms with Crippen molar-refractivity contribution in [1.82, 2.24) is 4.98 Å². The average molecular weight is 391 g/mol. The first-order valence-corrected chi connectivity index (χ1v) is 9.46. The number of halogens is 1. The Morgan fingerprint density at radius 1 is 1.04 bits per heavy atom. The monoisotopic (exact) mass is 390 g/mol. The van der Waals surface area contributed by atoms with Crippen LogP contribution in [-0.4, -0.2) is 16.5 Å². The number of hydrogen-bond acceptors (Lipinski definition) is 2. The van der Waals surface area contributed by atoms with E-state index in [1.165, 1.54) is 0 Å². The molecule has 0 spiro atoms. The lowest BCUT2D eigenvalue weighted by atomic mass is 9.87. The molecule has 140 valence electrons. The van der Waals surface area contributed by atoms with Crippen LogP contribution in [0.15, 0.2) is 72.8 Å². The standard InChI is InChI=1S/C23H19ClN2O2/c1-15-11-12-18-21(13-15)25-23(16-7-3-2-4-8-16)22(18)19(14-26(27)28)17-9-5-6-10-20(17)24/h2-13,19,25H,14H2,1H3. The maximum Gasteiger partial charge on any atom is 0.214 e. The number of benzene rings is 3. The van der Waals surface area contributed by atoms with Gasteiger partial charge in [-0.25, -0.2) is 0 Å². The molecule has 28 heavy (non-hydrogen) atoms. The lowest BCUT2D eigenvalue weighted by molar-refractivity contribution is -0.481. The van der Waals surface area contributed by atoms with Gasteiger partial charge < -0.3 is 4.98 Å². The van der Waals surface area contributed by atoms with E-state index in [2.05, 4.69) is 11.1 Å². The summed E-state index contributed by atoms with van der Waals surface area (Å²) in [5.41, 5.74) is 5.66. The summed E-state index contributed by atoms with van der Waals surface area (Å²) in [6.45, 7) is 1.80. The van der Waals surface area contributed by atoms with Crippen molar-refractivity contribution in [2.45, 2.75) is 12.8 Å². The molecule has 4 rings (SSSR count). The predicted octanol–water partition coefficient (Wildman–Crippen LogP) is 6.21. The van der Waals surface area contributed by atoms with Crippen LogP contribution in [0.5, 0.6) is 0 Å². The van der Waals surface area contributed by atoms with E-state index >= 15 is 0 Å². The molecule has 1 atom stereocenters. The summed E-state index contributed by atoms with van der Waals surface area (Å²) in [5.74, 6) is -0.463. The van der Waals surface area contributed by atoms with Crippen molar-refractivity contribution >= 4 is 22.5 Å².